The van der Waals surface area contributed by atoms with E-state index in [0.717, 1.165) is 11.6 Å². The monoisotopic (exact) mass is 551 g/mol. The number of halogens is 3. The summed E-state index contributed by atoms with van der Waals surface area (Å²) in [6.45, 7) is 0.241. The van der Waals surface area contributed by atoms with Gasteiger partial charge in [-0.25, -0.2) is 5.43 Å². The molecular formula is C22H16BrCl2N3O5. The van der Waals surface area contributed by atoms with Crippen LogP contribution in [0.2, 0.25) is 10.0 Å². The van der Waals surface area contributed by atoms with E-state index >= 15 is 0 Å². The lowest BCUT2D eigenvalue weighted by molar-refractivity contribution is -0.384. The van der Waals surface area contributed by atoms with E-state index < -0.39 is 10.8 Å². The highest BCUT2D eigenvalue weighted by molar-refractivity contribution is 9.10. The van der Waals surface area contributed by atoms with E-state index in [0.29, 0.717) is 26.6 Å². The number of carbonyl (C=O) groups is 1. The summed E-state index contributed by atoms with van der Waals surface area (Å²) in [7, 11) is 1.50. The van der Waals surface area contributed by atoms with Gasteiger partial charge >= 0.3 is 0 Å². The fraction of sp³-hybridized carbons (Fsp3) is 0.0909. The molecule has 0 atom stereocenters. The number of hydrogen-bond donors (Lipinski definition) is 1. The van der Waals surface area contributed by atoms with E-state index in [4.69, 9.17) is 32.7 Å². The highest BCUT2D eigenvalue weighted by atomic mass is 79.9. The predicted molar refractivity (Wildman–Crippen MR) is 130 cm³/mol. The number of carbonyl (C=O) groups excluding carboxylic acids is 1. The topological polar surface area (TPSA) is 103 Å². The van der Waals surface area contributed by atoms with E-state index in [1.807, 2.05) is 18.2 Å². The quantitative estimate of drug-likeness (QED) is 0.209. The third kappa shape index (κ3) is 6.22. The summed E-state index contributed by atoms with van der Waals surface area (Å²) in [5.41, 5.74) is 3.43. The van der Waals surface area contributed by atoms with Crippen LogP contribution in [-0.2, 0) is 6.61 Å². The van der Waals surface area contributed by atoms with Crippen LogP contribution in [0.1, 0.15) is 21.5 Å². The zero-order chi connectivity index (χ0) is 24.0. The Hall–Kier alpha value is -3.14. The summed E-state index contributed by atoms with van der Waals surface area (Å²) < 4.78 is 11.9. The minimum atomic E-state index is -0.665. The standard InChI is InChI=1S/C22H16BrCl2N3O5/c1-32-20-9-13(8-16(23)21(20)33-12-15-4-2-3-5-17(15)24)11-26-27-22(29)14-6-7-18(25)19(10-14)28(30)31/h2-11H,12H2,1H3,(H,27,29)/b26-11-. The molecule has 0 aliphatic heterocycles. The van der Waals surface area contributed by atoms with Crippen LogP contribution >= 0.6 is 39.1 Å². The fourth-order valence-corrected chi connectivity index (χ4v) is 3.69. The lowest BCUT2D eigenvalue weighted by Crippen LogP contribution is -2.17. The predicted octanol–water partition coefficient (Wildman–Crippen LogP) is 6.02. The fourth-order valence-electron chi connectivity index (χ4n) is 2.74. The van der Waals surface area contributed by atoms with Gasteiger partial charge in [0, 0.05) is 22.2 Å². The smallest absolute Gasteiger partial charge is 0.288 e. The minimum absolute atomic E-state index is 0.0466. The summed E-state index contributed by atoms with van der Waals surface area (Å²) in [6.07, 6.45) is 1.40. The van der Waals surface area contributed by atoms with Crippen LogP contribution in [0, 0.1) is 10.1 Å². The van der Waals surface area contributed by atoms with Crippen molar-refractivity contribution in [2.24, 2.45) is 5.10 Å². The number of amides is 1. The van der Waals surface area contributed by atoms with Crippen LogP contribution in [0.4, 0.5) is 5.69 Å². The molecule has 0 aliphatic rings. The van der Waals surface area contributed by atoms with Crippen molar-refractivity contribution >= 4 is 56.9 Å². The lowest BCUT2D eigenvalue weighted by Gasteiger charge is -2.14. The molecule has 0 saturated heterocycles. The Morgan fingerprint density at radius 1 is 1.18 bits per heavy atom. The van der Waals surface area contributed by atoms with Gasteiger partial charge in [-0.1, -0.05) is 41.4 Å². The Kier molecular flexibility index (Phi) is 8.26. The number of nitro groups is 1. The maximum Gasteiger partial charge on any atom is 0.288 e. The Balaban J connectivity index is 1.72. The summed E-state index contributed by atoms with van der Waals surface area (Å²) in [5, 5.41) is 15.4. The first-order chi connectivity index (χ1) is 15.8. The first-order valence-corrected chi connectivity index (χ1v) is 10.9. The molecule has 0 aliphatic carbocycles. The summed E-state index contributed by atoms with van der Waals surface area (Å²) in [5.74, 6) is 0.293. The average molecular weight is 553 g/mol. The molecule has 0 fully saturated rings. The number of nitrogens with one attached hydrogen (secondary N) is 1. The van der Waals surface area contributed by atoms with E-state index in [2.05, 4.69) is 26.5 Å². The van der Waals surface area contributed by atoms with Crippen molar-refractivity contribution in [1.29, 1.82) is 0 Å². The van der Waals surface area contributed by atoms with Crippen molar-refractivity contribution in [1.82, 2.24) is 5.43 Å². The number of ether oxygens (including phenoxy) is 2. The Labute approximate surface area is 207 Å². The minimum Gasteiger partial charge on any atom is -0.493 e. The molecule has 0 spiro atoms. The number of methoxy groups -OCH3 is 1. The molecule has 3 rings (SSSR count). The van der Waals surface area contributed by atoms with Crippen molar-refractivity contribution in [3.63, 3.8) is 0 Å². The normalized spacial score (nSPS) is 10.8. The van der Waals surface area contributed by atoms with Crippen LogP contribution in [-0.4, -0.2) is 24.2 Å². The second-order valence-electron chi connectivity index (χ2n) is 6.54. The van der Waals surface area contributed by atoms with Gasteiger partial charge in [0.1, 0.15) is 11.6 Å². The molecule has 0 heterocycles. The largest absolute Gasteiger partial charge is 0.493 e. The van der Waals surface area contributed by atoms with Gasteiger partial charge in [0.2, 0.25) is 0 Å². The maximum absolute atomic E-state index is 12.3. The van der Waals surface area contributed by atoms with Crippen molar-refractivity contribution < 1.29 is 19.2 Å². The molecule has 170 valence electrons. The first-order valence-electron chi connectivity index (χ1n) is 9.31. The van der Waals surface area contributed by atoms with Gasteiger partial charge in [0.15, 0.2) is 11.5 Å². The second-order valence-corrected chi connectivity index (χ2v) is 8.21. The van der Waals surface area contributed by atoms with Gasteiger partial charge in [0.25, 0.3) is 11.6 Å². The molecule has 0 aromatic heterocycles. The number of nitrogens with zero attached hydrogens (tertiary/aromatic N) is 2. The maximum atomic E-state index is 12.3. The zero-order valence-electron chi connectivity index (χ0n) is 17.1. The van der Waals surface area contributed by atoms with E-state index in [9.17, 15) is 14.9 Å². The summed E-state index contributed by atoms with van der Waals surface area (Å²) >= 11 is 15.4. The SMILES string of the molecule is COc1cc(/C=N\NC(=O)c2ccc(Cl)c([N+](=O)[O-])c2)cc(Br)c1OCc1ccccc1Cl. The molecule has 1 amide bonds. The van der Waals surface area contributed by atoms with Crippen LogP contribution < -0.4 is 14.9 Å². The van der Waals surface area contributed by atoms with Crippen LogP contribution in [0.25, 0.3) is 0 Å². The number of nitro benzene ring substituents is 1. The van der Waals surface area contributed by atoms with Gasteiger partial charge in [0.05, 0.1) is 22.7 Å². The number of hydrogen-bond acceptors (Lipinski definition) is 6. The molecule has 0 bridgehead atoms. The van der Waals surface area contributed by atoms with Gasteiger partial charge in [-0.05, 0) is 51.8 Å². The molecule has 3 aromatic carbocycles. The molecule has 3 aromatic rings. The van der Waals surface area contributed by atoms with Crippen LogP contribution in [0.5, 0.6) is 11.5 Å². The number of hydrazone groups is 1. The molecular weight excluding hydrogens is 537 g/mol. The zero-order valence-corrected chi connectivity index (χ0v) is 20.1. The van der Waals surface area contributed by atoms with Crippen molar-refractivity contribution in [3.8, 4) is 11.5 Å². The second kappa shape index (κ2) is 11.1. The Bertz CT molecular complexity index is 1240. The van der Waals surface area contributed by atoms with Crippen molar-refractivity contribution in [2.75, 3.05) is 7.11 Å². The van der Waals surface area contributed by atoms with Crippen molar-refractivity contribution in [3.05, 3.63) is 95.9 Å². The third-order valence-electron chi connectivity index (χ3n) is 4.37. The highest BCUT2D eigenvalue weighted by Crippen LogP contribution is 2.37. The molecule has 0 unspecified atom stereocenters. The van der Waals surface area contributed by atoms with Gasteiger partial charge in [-0.3, -0.25) is 14.9 Å². The molecule has 8 nitrogen and oxygen atoms in total. The lowest BCUT2D eigenvalue weighted by atomic mass is 10.2. The highest BCUT2D eigenvalue weighted by Gasteiger charge is 2.16. The van der Waals surface area contributed by atoms with Crippen LogP contribution in [0.15, 0.2) is 64.2 Å². The number of benzene rings is 3. The number of rotatable bonds is 8. The summed E-state index contributed by atoms with van der Waals surface area (Å²) in [6, 6.07) is 14.5. The molecule has 11 heteroatoms. The average Bonchev–Trinajstić information content (AvgIpc) is 2.79. The van der Waals surface area contributed by atoms with Gasteiger partial charge < -0.3 is 9.47 Å². The Morgan fingerprint density at radius 2 is 1.94 bits per heavy atom. The molecule has 0 radical (unpaired) electrons. The van der Waals surface area contributed by atoms with E-state index in [1.54, 1.807) is 18.2 Å². The first kappa shape index (κ1) is 24.5. The van der Waals surface area contributed by atoms with Crippen molar-refractivity contribution in [2.45, 2.75) is 6.61 Å². The summed E-state index contributed by atoms with van der Waals surface area (Å²) in [4.78, 5) is 22.6. The molecule has 1 N–H and O–H groups in total. The molecule has 0 saturated carbocycles. The Morgan fingerprint density at radius 3 is 2.64 bits per heavy atom. The van der Waals surface area contributed by atoms with Gasteiger partial charge in [-0.2, -0.15) is 5.10 Å². The van der Waals surface area contributed by atoms with E-state index in [1.165, 1.54) is 25.5 Å². The molecule has 33 heavy (non-hydrogen) atoms. The third-order valence-corrected chi connectivity index (χ3v) is 5.64. The van der Waals surface area contributed by atoms with Gasteiger partial charge in [-0.15, -0.1) is 0 Å². The van der Waals surface area contributed by atoms with Crippen LogP contribution in [0.3, 0.4) is 0 Å². The van der Waals surface area contributed by atoms with E-state index in [-0.39, 0.29) is 22.9 Å².